The standard InChI is InChI=1S/C19H16ClN3S2/c1-10-4-6-13(7-5-10)9-24-19-22-15-14-11(2)8-12(3)21-18(14)25-16(15)17(20)23-19/h4-8H,9H2,1-3H3. The van der Waals surface area contributed by atoms with E-state index in [1.165, 1.54) is 16.7 Å². The molecule has 0 spiro atoms. The van der Waals surface area contributed by atoms with E-state index in [-0.39, 0.29) is 0 Å². The summed E-state index contributed by atoms with van der Waals surface area (Å²) in [4.78, 5) is 14.9. The van der Waals surface area contributed by atoms with Gasteiger partial charge in [0.15, 0.2) is 10.3 Å². The van der Waals surface area contributed by atoms with Crippen molar-refractivity contribution in [3.05, 3.63) is 57.9 Å². The largest absolute Gasteiger partial charge is 0.242 e. The highest BCUT2D eigenvalue weighted by Crippen LogP contribution is 2.38. The Kier molecular flexibility index (Phi) is 4.40. The lowest BCUT2D eigenvalue weighted by molar-refractivity contribution is 1.01. The first-order valence-electron chi connectivity index (χ1n) is 7.93. The fraction of sp³-hybridized carbons (Fsp3) is 0.211. The van der Waals surface area contributed by atoms with E-state index in [1.807, 2.05) is 6.92 Å². The van der Waals surface area contributed by atoms with Crippen molar-refractivity contribution in [3.8, 4) is 0 Å². The van der Waals surface area contributed by atoms with Crippen LogP contribution in [0.15, 0.2) is 35.5 Å². The maximum absolute atomic E-state index is 6.45. The summed E-state index contributed by atoms with van der Waals surface area (Å²) in [6.07, 6.45) is 0. The molecule has 0 N–H and O–H groups in total. The highest BCUT2D eigenvalue weighted by molar-refractivity contribution is 7.98. The SMILES string of the molecule is Cc1ccc(CSc2nc(Cl)c3sc4nc(C)cc(C)c4c3n2)cc1. The number of pyridine rings is 1. The zero-order chi connectivity index (χ0) is 17.6. The highest BCUT2D eigenvalue weighted by Gasteiger charge is 2.16. The molecule has 0 atom stereocenters. The van der Waals surface area contributed by atoms with Crippen LogP contribution in [0.4, 0.5) is 0 Å². The molecule has 4 rings (SSSR count). The van der Waals surface area contributed by atoms with Crippen LogP contribution < -0.4 is 0 Å². The van der Waals surface area contributed by atoms with Gasteiger partial charge in [0.2, 0.25) is 0 Å². The Morgan fingerprint density at radius 3 is 2.56 bits per heavy atom. The molecule has 25 heavy (non-hydrogen) atoms. The average Bonchev–Trinajstić information content (AvgIpc) is 2.93. The van der Waals surface area contributed by atoms with Gasteiger partial charge < -0.3 is 0 Å². The van der Waals surface area contributed by atoms with E-state index in [4.69, 9.17) is 16.6 Å². The second kappa shape index (κ2) is 6.56. The van der Waals surface area contributed by atoms with Crippen LogP contribution in [0.1, 0.15) is 22.4 Å². The topological polar surface area (TPSA) is 38.7 Å². The average molecular weight is 386 g/mol. The Morgan fingerprint density at radius 1 is 1.04 bits per heavy atom. The molecule has 0 aliphatic carbocycles. The van der Waals surface area contributed by atoms with Gasteiger partial charge in [0.25, 0.3) is 0 Å². The Balaban J connectivity index is 1.75. The molecule has 3 aromatic heterocycles. The summed E-state index contributed by atoms with van der Waals surface area (Å²) in [5, 5.41) is 2.31. The van der Waals surface area contributed by atoms with Gasteiger partial charge in [-0.15, -0.1) is 11.3 Å². The molecule has 0 amide bonds. The predicted molar refractivity (Wildman–Crippen MR) is 108 cm³/mol. The first kappa shape index (κ1) is 16.8. The van der Waals surface area contributed by atoms with Crippen molar-refractivity contribution in [2.45, 2.75) is 31.7 Å². The number of thiophene rings is 1. The molecule has 6 heteroatoms. The molecule has 3 heterocycles. The smallest absolute Gasteiger partial charge is 0.189 e. The minimum Gasteiger partial charge on any atom is -0.242 e. The fourth-order valence-electron chi connectivity index (χ4n) is 2.82. The molecule has 0 bridgehead atoms. The lowest BCUT2D eigenvalue weighted by atomic mass is 10.1. The van der Waals surface area contributed by atoms with Crippen molar-refractivity contribution in [1.29, 1.82) is 0 Å². The van der Waals surface area contributed by atoms with Crippen LogP contribution in [-0.2, 0) is 5.75 Å². The van der Waals surface area contributed by atoms with Crippen molar-refractivity contribution < 1.29 is 0 Å². The van der Waals surface area contributed by atoms with Crippen LogP contribution in [0.3, 0.4) is 0 Å². The number of nitrogens with zero attached hydrogens (tertiary/aromatic N) is 3. The summed E-state index contributed by atoms with van der Waals surface area (Å²) in [6.45, 7) is 6.19. The molecule has 0 saturated carbocycles. The van der Waals surface area contributed by atoms with Gasteiger partial charge in [0, 0.05) is 16.8 Å². The Labute approximate surface area is 159 Å². The van der Waals surface area contributed by atoms with Crippen LogP contribution in [0.5, 0.6) is 0 Å². The number of hydrogen-bond donors (Lipinski definition) is 0. The van der Waals surface area contributed by atoms with Gasteiger partial charge in [0.1, 0.15) is 4.83 Å². The van der Waals surface area contributed by atoms with Crippen LogP contribution in [0.2, 0.25) is 5.15 Å². The Morgan fingerprint density at radius 2 is 1.80 bits per heavy atom. The van der Waals surface area contributed by atoms with E-state index in [0.29, 0.717) is 10.3 Å². The molecule has 0 radical (unpaired) electrons. The Hall–Kier alpha value is -1.69. The van der Waals surface area contributed by atoms with Gasteiger partial charge in [0.05, 0.1) is 10.2 Å². The summed E-state index contributed by atoms with van der Waals surface area (Å²) in [7, 11) is 0. The van der Waals surface area contributed by atoms with Crippen LogP contribution in [-0.4, -0.2) is 15.0 Å². The monoisotopic (exact) mass is 385 g/mol. The number of aryl methyl sites for hydroxylation is 3. The van der Waals surface area contributed by atoms with Gasteiger partial charge in [-0.3, -0.25) is 0 Å². The predicted octanol–water partition coefficient (Wildman–Crippen LogP) is 6.11. The minimum atomic E-state index is 0.511. The van der Waals surface area contributed by atoms with Crippen LogP contribution in [0, 0.1) is 20.8 Å². The number of thioether (sulfide) groups is 1. The molecular weight excluding hydrogens is 370 g/mol. The fourth-order valence-corrected chi connectivity index (χ4v) is 5.07. The quantitative estimate of drug-likeness (QED) is 0.242. The van der Waals surface area contributed by atoms with Crippen molar-refractivity contribution in [2.24, 2.45) is 0 Å². The molecule has 4 aromatic rings. The molecule has 126 valence electrons. The van der Waals surface area contributed by atoms with Gasteiger partial charge in [-0.2, -0.15) is 0 Å². The summed E-state index contributed by atoms with van der Waals surface area (Å²) in [6, 6.07) is 10.6. The third-order valence-corrected chi connectivity index (χ3v) is 6.42. The molecule has 0 aliphatic rings. The van der Waals surface area contributed by atoms with Crippen molar-refractivity contribution in [3.63, 3.8) is 0 Å². The van der Waals surface area contributed by atoms with Crippen LogP contribution in [0.25, 0.3) is 20.4 Å². The van der Waals surface area contributed by atoms with Crippen molar-refractivity contribution >= 4 is 55.1 Å². The van der Waals surface area contributed by atoms with Gasteiger partial charge >= 0.3 is 0 Å². The summed E-state index contributed by atoms with van der Waals surface area (Å²) < 4.78 is 0.914. The molecule has 3 nitrogen and oxygen atoms in total. The normalized spacial score (nSPS) is 11.5. The summed E-state index contributed by atoms with van der Waals surface area (Å²) in [5.74, 6) is 0.820. The van der Waals surface area contributed by atoms with E-state index in [2.05, 4.69) is 54.1 Å². The molecule has 0 saturated heterocycles. The zero-order valence-electron chi connectivity index (χ0n) is 14.1. The third-order valence-electron chi connectivity index (χ3n) is 4.04. The van der Waals surface area contributed by atoms with Crippen LogP contribution >= 0.6 is 34.7 Å². The number of hydrogen-bond acceptors (Lipinski definition) is 5. The molecule has 1 aromatic carbocycles. The first-order chi connectivity index (χ1) is 12.0. The van der Waals surface area contributed by atoms with Crippen molar-refractivity contribution in [2.75, 3.05) is 0 Å². The van der Waals surface area contributed by atoms with Gasteiger partial charge in [-0.25, -0.2) is 15.0 Å². The lowest BCUT2D eigenvalue weighted by Gasteiger charge is -2.03. The van der Waals surface area contributed by atoms with Gasteiger partial charge in [-0.1, -0.05) is 53.2 Å². The number of benzene rings is 1. The first-order valence-corrected chi connectivity index (χ1v) is 10.1. The number of rotatable bonds is 3. The molecule has 0 fully saturated rings. The van der Waals surface area contributed by atoms with Gasteiger partial charge in [-0.05, 0) is 38.0 Å². The lowest BCUT2D eigenvalue weighted by Crippen LogP contribution is -1.90. The highest BCUT2D eigenvalue weighted by atomic mass is 35.5. The van der Waals surface area contributed by atoms with E-state index in [1.54, 1.807) is 23.1 Å². The number of fused-ring (bicyclic) bond motifs is 3. The molecular formula is C19H16ClN3S2. The Bertz CT molecular complexity index is 1090. The van der Waals surface area contributed by atoms with E-state index < -0.39 is 0 Å². The second-order valence-corrected chi connectivity index (χ2v) is 8.41. The van der Waals surface area contributed by atoms with E-state index in [0.717, 1.165) is 31.9 Å². The maximum Gasteiger partial charge on any atom is 0.189 e. The molecule has 0 unspecified atom stereocenters. The number of halogens is 1. The summed E-state index contributed by atoms with van der Waals surface area (Å²) >= 11 is 9.62. The third kappa shape index (κ3) is 3.24. The molecule has 0 aliphatic heterocycles. The van der Waals surface area contributed by atoms with E-state index in [9.17, 15) is 0 Å². The maximum atomic E-state index is 6.45. The second-order valence-electron chi connectivity index (χ2n) is 6.11. The number of aromatic nitrogens is 3. The van der Waals surface area contributed by atoms with Crippen molar-refractivity contribution in [1.82, 2.24) is 15.0 Å². The van der Waals surface area contributed by atoms with E-state index >= 15 is 0 Å². The zero-order valence-corrected chi connectivity index (χ0v) is 16.5. The summed E-state index contributed by atoms with van der Waals surface area (Å²) in [5.41, 5.74) is 5.61. The minimum absolute atomic E-state index is 0.511.